The van der Waals surface area contributed by atoms with Gasteiger partial charge in [-0.15, -0.1) is 0 Å². The predicted molar refractivity (Wildman–Crippen MR) is 77.6 cm³/mol. The molecule has 100 valence electrons. The van der Waals surface area contributed by atoms with Gasteiger partial charge in [0.05, 0.1) is 12.1 Å². The molecule has 2 heterocycles. The predicted octanol–water partition coefficient (Wildman–Crippen LogP) is 2.92. The first kappa shape index (κ1) is 12.4. The zero-order valence-electron chi connectivity index (χ0n) is 11.4. The molecule has 1 unspecified atom stereocenters. The summed E-state index contributed by atoms with van der Waals surface area (Å²) in [5.41, 5.74) is 2.12. The molecule has 2 aromatic rings. The minimum absolute atomic E-state index is 0.612. The molecule has 1 aromatic carbocycles. The molecule has 0 radical (unpaired) electrons. The second-order valence-corrected chi connectivity index (χ2v) is 5.33. The highest BCUT2D eigenvalue weighted by Gasteiger charge is 2.14. The van der Waals surface area contributed by atoms with Gasteiger partial charge >= 0.3 is 0 Å². The quantitative estimate of drug-likeness (QED) is 0.917. The number of piperidine rings is 1. The summed E-state index contributed by atoms with van der Waals surface area (Å²) in [7, 11) is 0. The number of rotatable bonds is 3. The Hall–Kier alpha value is -1.61. The van der Waals surface area contributed by atoms with Crippen molar-refractivity contribution in [3.8, 4) is 5.88 Å². The van der Waals surface area contributed by atoms with E-state index in [9.17, 15) is 0 Å². The number of nitrogens with zero attached hydrogens (tertiary/aromatic N) is 1. The maximum Gasteiger partial charge on any atom is 0.216 e. The van der Waals surface area contributed by atoms with E-state index in [0.717, 1.165) is 36.7 Å². The molecule has 1 atom stereocenters. The Morgan fingerprint density at radius 2 is 2.26 bits per heavy atom. The summed E-state index contributed by atoms with van der Waals surface area (Å²) in [6.07, 6.45) is 2.50. The highest BCUT2D eigenvalue weighted by atomic mass is 16.5. The van der Waals surface area contributed by atoms with Crippen LogP contribution in [0.1, 0.15) is 18.4 Å². The lowest BCUT2D eigenvalue weighted by Crippen LogP contribution is -2.33. The fraction of sp³-hybridized carbons (Fsp3) is 0.438. The molecule has 19 heavy (non-hydrogen) atoms. The molecule has 1 aliphatic heterocycles. The summed E-state index contributed by atoms with van der Waals surface area (Å²) in [6, 6.07) is 10.3. The topological polar surface area (TPSA) is 34.1 Å². The number of hydrogen-bond donors (Lipinski definition) is 1. The normalized spacial score (nSPS) is 19.5. The lowest BCUT2D eigenvalue weighted by atomic mass is 10.0. The Kier molecular flexibility index (Phi) is 3.65. The summed E-state index contributed by atoms with van der Waals surface area (Å²) >= 11 is 0. The molecule has 3 heteroatoms. The first-order chi connectivity index (χ1) is 9.33. The molecule has 1 N–H and O–H groups in total. The number of ether oxygens (including phenoxy) is 1. The summed E-state index contributed by atoms with van der Waals surface area (Å²) in [5.74, 6) is 1.39. The zero-order chi connectivity index (χ0) is 13.1. The minimum atomic E-state index is 0.612. The van der Waals surface area contributed by atoms with E-state index in [2.05, 4.69) is 29.4 Å². The summed E-state index contributed by atoms with van der Waals surface area (Å²) in [5, 5.41) is 4.59. The van der Waals surface area contributed by atoms with Gasteiger partial charge < -0.3 is 10.1 Å². The number of aryl methyl sites for hydroxylation is 1. The maximum atomic E-state index is 5.93. The molecular formula is C16H20N2O. The number of hydrogen-bond acceptors (Lipinski definition) is 3. The molecule has 1 fully saturated rings. The fourth-order valence-corrected chi connectivity index (χ4v) is 2.61. The van der Waals surface area contributed by atoms with E-state index < -0.39 is 0 Å². The van der Waals surface area contributed by atoms with Crippen LogP contribution in [0.4, 0.5) is 0 Å². The number of benzene rings is 1. The van der Waals surface area contributed by atoms with Crippen molar-refractivity contribution in [1.82, 2.24) is 10.3 Å². The van der Waals surface area contributed by atoms with Crippen LogP contribution in [0.5, 0.6) is 5.88 Å². The Bertz CT molecular complexity index is 562. The van der Waals surface area contributed by atoms with E-state index in [1.165, 1.54) is 18.2 Å². The molecule has 0 aliphatic carbocycles. The second kappa shape index (κ2) is 5.57. The van der Waals surface area contributed by atoms with Crippen molar-refractivity contribution in [3.63, 3.8) is 0 Å². The molecule has 0 spiro atoms. The lowest BCUT2D eigenvalue weighted by molar-refractivity contribution is 0.211. The second-order valence-electron chi connectivity index (χ2n) is 5.33. The average molecular weight is 256 g/mol. The summed E-state index contributed by atoms with van der Waals surface area (Å²) < 4.78 is 5.93. The highest BCUT2D eigenvalue weighted by molar-refractivity contribution is 5.79. The first-order valence-electron chi connectivity index (χ1n) is 7.03. The number of aromatic nitrogens is 1. The minimum Gasteiger partial charge on any atom is -0.477 e. The monoisotopic (exact) mass is 256 g/mol. The number of para-hydroxylation sites is 1. The molecular weight excluding hydrogens is 236 g/mol. The van der Waals surface area contributed by atoms with E-state index in [4.69, 9.17) is 4.74 Å². The van der Waals surface area contributed by atoms with Gasteiger partial charge in [-0.05, 0) is 38.4 Å². The number of nitrogens with one attached hydrogen (secondary N) is 1. The summed E-state index contributed by atoms with van der Waals surface area (Å²) in [4.78, 5) is 4.62. The standard InChI is InChI=1S/C16H20N2O/c1-12-9-14-6-2-3-7-15(14)18-16(12)19-11-13-5-4-8-17-10-13/h2-3,6-7,9,13,17H,4-5,8,10-11H2,1H3. The van der Waals surface area contributed by atoms with Crippen molar-refractivity contribution in [3.05, 3.63) is 35.9 Å². The number of fused-ring (bicyclic) bond motifs is 1. The van der Waals surface area contributed by atoms with Crippen molar-refractivity contribution in [2.75, 3.05) is 19.7 Å². The molecule has 0 bridgehead atoms. The third kappa shape index (κ3) is 2.87. The van der Waals surface area contributed by atoms with E-state index in [-0.39, 0.29) is 0 Å². The van der Waals surface area contributed by atoms with E-state index in [1.54, 1.807) is 0 Å². The van der Waals surface area contributed by atoms with Gasteiger partial charge in [0.1, 0.15) is 0 Å². The van der Waals surface area contributed by atoms with E-state index in [0.29, 0.717) is 5.92 Å². The van der Waals surface area contributed by atoms with E-state index in [1.807, 2.05) is 18.2 Å². The zero-order valence-corrected chi connectivity index (χ0v) is 11.4. The molecule has 1 aromatic heterocycles. The number of pyridine rings is 1. The Morgan fingerprint density at radius 1 is 1.37 bits per heavy atom. The van der Waals surface area contributed by atoms with Crippen LogP contribution < -0.4 is 10.1 Å². The van der Waals surface area contributed by atoms with Gasteiger partial charge in [0.15, 0.2) is 0 Å². The van der Waals surface area contributed by atoms with Gasteiger partial charge in [-0.2, -0.15) is 0 Å². The SMILES string of the molecule is Cc1cc2ccccc2nc1OCC1CCCNC1. The van der Waals surface area contributed by atoms with Crippen LogP contribution >= 0.6 is 0 Å². The van der Waals surface area contributed by atoms with Crippen molar-refractivity contribution in [2.45, 2.75) is 19.8 Å². The van der Waals surface area contributed by atoms with Gasteiger partial charge in [0, 0.05) is 23.4 Å². The molecule has 0 saturated carbocycles. The van der Waals surface area contributed by atoms with Crippen molar-refractivity contribution in [1.29, 1.82) is 0 Å². The first-order valence-corrected chi connectivity index (χ1v) is 7.03. The van der Waals surface area contributed by atoms with Crippen LogP contribution in [0.3, 0.4) is 0 Å². The third-order valence-corrected chi connectivity index (χ3v) is 3.72. The molecule has 3 rings (SSSR count). The van der Waals surface area contributed by atoms with Crippen LogP contribution in [-0.4, -0.2) is 24.7 Å². The highest BCUT2D eigenvalue weighted by Crippen LogP contribution is 2.22. The Morgan fingerprint density at radius 3 is 3.11 bits per heavy atom. The van der Waals surface area contributed by atoms with Crippen LogP contribution in [0.25, 0.3) is 10.9 Å². The molecule has 3 nitrogen and oxygen atoms in total. The van der Waals surface area contributed by atoms with Gasteiger partial charge in [0.25, 0.3) is 0 Å². The lowest BCUT2D eigenvalue weighted by Gasteiger charge is -2.22. The maximum absolute atomic E-state index is 5.93. The van der Waals surface area contributed by atoms with Gasteiger partial charge in [0.2, 0.25) is 5.88 Å². The van der Waals surface area contributed by atoms with Gasteiger partial charge in [-0.1, -0.05) is 18.2 Å². The van der Waals surface area contributed by atoms with E-state index >= 15 is 0 Å². The molecule has 1 saturated heterocycles. The largest absolute Gasteiger partial charge is 0.477 e. The van der Waals surface area contributed by atoms with Gasteiger partial charge in [-0.25, -0.2) is 4.98 Å². The van der Waals surface area contributed by atoms with Crippen LogP contribution in [0.2, 0.25) is 0 Å². The fourth-order valence-electron chi connectivity index (χ4n) is 2.61. The molecule has 1 aliphatic rings. The average Bonchev–Trinajstić information content (AvgIpc) is 2.46. The summed E-state index contributed by atoms with van der Waals surface area (Å²) in [6.45, 7) is 5.03. The van der Waals surface area contributed by atoms with Crippen LogP contribution in [-0.2, 0) is 0 Å². The third-order valence-electron chi connectivity index (χ3n) is 3.72. The smallest absolute Gasteiger partial charge is 0.216 e. The van der Waals surface area contributed by atoms with Crippen LogP contribution in [0.15, 0.2) is 30.3 Å². The van der Waals surface area contributed by atoms with Crippen molar-refractivity contribution < 1.29 is 4.74 Å². The van der Waals surface area contributed by atoms with Crippen molar-refractivity contribution >= 4 is 10.9 Å². The van der Waals surface area contributed by atoms with Gasteiger partial charge in [-0.3, -0.25) is 0 Å². The molecule has 0 amide bonds. The Labute approximate surface area is 114 Å². The Balaban J connectivity index is 1.74. The van der Waals surface area contributed by atoms with Crippen LogP contribution in [0, 0.1) is 12.8 Å². The van der Waals surface area contributed by atoms with Crippen molar-refractivity contribution in [2.24, 2.45) is 5.92 Å².